The van der Waals surface area contributed by atoms with Gasteiger partial charge in [-0.1, -0.05) is 42.4 Å². The fourth-order valence-electron chi connectivity index (χ4n) is 4.09. The van der Waals surface area contributed by atoms with Crippen molar-refractivity contribution in [1.29, 1.82) is 0 Å². The highest BCUT2D eigenvalue weighted by atomic mass is 32.1. The minimum Gasteiger partial charge on any atom is -0.457 e. The van der Waals surface area contributed by atoms with Crippen LogP contribution in [0.5, 0.6) is 11.5 Å². The molecule has 4 amide bonds. The Labute approximate surface area is 182 Å². The highest BCUT2D eigenvalue weighted by molar-refractivity contribution is 7.22. The zero-order valence-electron chi connectivity index (χ0n) is 16.6. The number of para-hydroxylation sites is 1. The van der Waals surface area contributed by atoms with E-state index in [9.17, 15) is 14.4 Å². The zero-order chi connectivity index (χ0) is 21.4. The SMILES string of the molecule is O=C(CN1C(=O)NC2(CCCC2)C1=O)Nc1nc2ccc(Oc3ccccc3)cc2s1. The minimum absolute atomic E-state index is 0.308. The van der Waals surface area contributed by atoms with Crippen LogP contribution in [0.1, 0.15) is 25.7 Å². The molecule has 0 bridgehead atoms. The maximum atomic E-state index is 12.7. The lowest BCUT2D eigenvalue weighted by Crippen LogP contribution is -2.44. The number of aromatic nitrogens is 1. The van der Waals surface area contributed by atoms with Gasteiger partial charge in [0.2, 0.25) is 5.91 Å². The van der Waals surface area contributed by atoms with Gasteiger partial charge in [-0.3, -0.25) is 14.5 Å². The fourth-order valence-corrected chi connectivity index (χ4v) is 5.00. The molecule has 2 N–H and O–H groups in total. The van der Waals surface area contributed by atoms with Crippen LogP contribution < -0.4 is 15.4 Å². The van der Waals surface area contributed by atoms with Gasteiger partial charge in [-0.2, -0.15) is 0 Å². The van der Waals surface area contributed by atoms with E-state index in [1.165, 1.54) is 11.3 Å². The molecule has 9 heteroatoms. The number of imide groups is 1. The molecular formula is C22H20N4O4S. The van der Waals surface area contributed by atoms with Crippen LogP contribution in [-0.4, -0.2) is 39.8 Å². The highest BCUT2D eigenvalue weighted by Gasteiger charge is 2.52. The molecule has 2 fully saturated rings. The summed E-state index contributed by atoms with van der Waals surface area (Å²) >= 11 is 1.30. The second kappa shape index (κ2) is 7.66. The first-order chi connectivity index (χ1) is 15.0. The van der Waals surface area contributed by atoms with Crippen molar-refractivity contribution < 1.29 is 19.1 Å². The van der Waals surface area contributed by atoms with E-state index in [0.29, 0.717) is 23.7 Å². The quantitative estimate of drug-likeness (QED) is 0.591. The van der Waals surface area contributed by atoms with Crippen LogP contribution in [0.3, 0.4) is 0 Å². The number of carbonyl (C=O) groups is 3. The average Bonchev–Trinajstić information content (AvgIpc) is 3.44. The topological polar surface area (TPSA) is 101 Å². The van der Waals surface area contributed by atoms with Gasteiger partial charge in [0.1, 0.15) is 23.6 Å². The van der Waals surface area contributed by atoms with E-state index in [4.69, 9.17) is 4.74 Å². The van der Waals surface area contributed by atoms with Crippen LogP contribution in [0.2, 0.25) is 0 Å². The Hall–Kier alpha value is -3.46. The molecule has 1 saturated heterocycles. The molecule has 1 spiro atoms. The number of nitrogens with one attached hydrogen (secondary N) is 2. The van der Waals surface area contributed by atoms with Crippen molar-refractivity contribution in [2.24, 2.45) is 0 Å². The van der Waals surface area contributed by atoms with Crippen LogP contribution in [0, 0.1) is 0 Å². The molecular weight excluding hydrogens is 416 g/mol. The molecule has 1 saturated carbocycles. The maximum absolute atomic E-state index is 12.7. The summed E-state index contributed by atoms with van der Waals surface area (Å²) in [5.74, 6) is 0.630. The number of urea groups is 1. The van der Waals surface area contributed by atoms with Crippen molar-refractivity contribution in [3.8, 4) is 11.5 Å². The van der Waals surface area contributed by atoms with E-state index in [2.05, 4.69) is 15.6 Å². The number of benzene rings is 2. The second-order valence-corrected chi connectivity index (χ2v) is 8.75. The monoisotopic (exact) mass is 436 g/mol. The summed E-state index contributed by atoms with van der Waals surface area (Å²) in [5.41, 5.74) is -0.0943. The number of thiazole rings is 1. The third-order valence-corrected chi connectivity index (χ3v) is 6.52. The van der Waals surface area contributed by atoms with Crippen LogP contribution in [0.15, 0.2) is 48.5 Å². The maximum Gasteiger partial charge on any atom is 0.325 e. The van der Waals surface area contributed by atoms with Crippen molar-refractivity contribution in [3.63, 3.8) is 0 Å². The largest absolute Gasteiger partial charge is 0.457 e. The number of amides is 4. The van der Waals surface area contributed by atoms with Gasteiger partial charge in [0.05, 0.1) is 10.2 Å². The number of fused-ring (bicyclic) bond motifs is 1. The number of hydrogen-bond acceptors (Lipinski definition) is 6. The first kappa shape index (κ1) is 19.5. The molecule has 1 aromatic heterocycles. The van der Waals surface area contributed by atoms with Crippen molar-refractivity contribution in [2.75, 3.05) is 11.9 Å². The Kier molecular flexibility index (Phi) is 4.82. The number of ether oxygens (including phenoxy) is 1. The van der Waals surface area contributed by atoms with Crippen molar-refractivity contribution in [3.05, 3.63) is 48.5 Å². The molecule has 2 aromatic carbocycles. The summed E-state index contributed by atoms with van der Waals surface area (Å²) in [5, 5.41) is 5.88. The lowest BCUT2D eigenvalue weighted by Gasteiger charge is -2.19. The Morgan fingerprint density at radius 2 is 1.90 bits per heavy atom. The van der Waals surface area contributed by atoms with Crippen molar-refractivity contribution in [2.45, 2.75) is 31.2 Å². The van der Waals surface area contributed by atoms with E-state index in [1.54, 1.807) is 0 Å². The van der Waals surface area contributed by atoms with Gasteiger partial charge in [-0.15, -0.1) is 0 Å². The second-order valence-electron chi connectivity index (χ2n) is 7.72. The summed E-state index contributed by atoms with van der Waals surface area (Å²) in [6, 6.07) is 14.4. The number of anilines is 1. The first-order valence-electron chi connectivity index (χ1n) is 10.1. The third kappa shape index (κ3) is 3.72. The fraction of sp³-hybridized carbons (Fsp3) is 0.273. The number of carbonyl (C=O) groups excluding carboxylic acids is 3. The molecule has 3 aromatic rings. The Morgan fingerprint density at radius 1 is 1.13 bits per heavy atom. The molecule has 158 valence electrons. The lowest BCUT2D eigenvalue weighted by molar-refractivity contribution is -0.133. The zero-order valence-corrected chi connectivity index (χ0v) is 17.4. The molecule has 1 aliphatic carbocycles. The summed E-state index contributed by atoms with van der Waals surface area (Å²) in [6.07, 6.45) is 3.05. The predicted molar refractivity (Wildman–Crippen MR) is 116 cm³/mol. The van der Waals surface area contributed by atoms with E-state index in [1.807, 2.05) is 48.5 Å². The predicted octanol–water partition coefficient (Wildman–Crippen LogP) is 3.89. The van der Waals surface area contributed by atoms with Gasteiger partial charge in [0, 0.05) is 6.07 Å². The highest BCUT2D eigenvalue weighted by Crippen LogP contribution is 2.35. The van der Waals surface area contributed by atoms with Gasteiger partial charge < -0.3 is 15.4 Å². The molecule has 0 atom stereocenters. The lowest BCUT2D eigenvalue weighted by atomic mass is 9.98. The van der Waals surface area contributed by atoms with Gasteiger partial charge in [-0.05, 0) is 37.1 Å². The van der Waals surface area contributed by atoms with Gasteiger partial charge in [0.15, 0.2) is 5.13 Å². The molecule has 1 aliphatic heterocycles. The number of hydrogen-bond donors (Lipinski definition) is 2. The molecule has 2 aliphatic rings. The molecule has 8 nitrogen and oxygen atoms in total. The van der Waals surface area contributed by atoms with Gasteiger partial charge >= 0.3 is 6.03 Å². The number of rotatable bonds is 5. The molecule has 31 heavy (non-hydrogen) atoms. The van der Waals surface area contributed by atoms with Crippen molar-refractivity contribution in [1.82, 2.24) is 15.2 Å². The van der Waals surface area contributed by atoms with Crippen molar-refractivity contribution >= 4 is 44.5 Å². The van der Waals surface area contributed by atoms with Crippen LogP contribution in [-0.2, 0) is 9.59 Å². The normalized spacial score (nSPS) is 17.4. The molecule has 2 heterocycles. The average molecular weight is 436 g/mol. The summed E-state index contributed by atoms with van der Waals surface area (Å²) < 4.78 is 6.69. The van der Waals surface area contributed by atoms with Crippen LogP contribution >= 0.6 is 11.3 Å². The first-order valence-corrected chi connectivity index (χ1v) is 10.9. The van der Waals surface area contributed by atoms with E-state index >= 15 is 0 Å². The smallest absolute Gasteiger partial charge is 0.325 e. The minimum atomic E-state index is -0.817. The number of nitrogens with zero attached hydrogens (tertiary/aromatic N) is 2. The van der Waals surface area contributed by atoms with Crippen LogP contribution in [0.4, 0.5) is 9.93 Å². The standard InChI is InChI=1S/C22H20N4O4S/c27-18(13-26-19(28)22(25-21(26)29)10-4-5-11-22)24-20-23-16-9-8-15(12-17(16)31-20)30-14-6-2-1-3-7-14/h1-3,6-9,12H,4-5,10-11,13H2,(H,25,29)(H,23,24,27). The van der Waals surface area contributed by atoms with E-state index < -0.39 is 17.5 Å². The Morgan fingerprint density at radius 3 is 2.68 bits per heavy atom. The van der Waals surface area contributed by atoms with E-state index in [-0.39, 0.29) is 12.5 Å². The molecule has 5 rings (SSSR count). The van der Waals surface area contributed by atoms with Crippen LogP contribution in [0.25, 0.3) is 10.2 Å². The van der Waals surface area contributed by atoms with Gasteiger partial charge in [-0.25, -0.2) is 9.78 Å². The third-order valence-electron chi connectivity index (χ3n) is 5.59. The summed E-state index contributed by atoms with van der Waals surface area (Å²) in [7, 11) is 0. The summed E-state index contributed by atoms with van der Waals surface area (Å²) in [4.78, 5) is 42.9. The van der Waals surface area contributed by atoms with E-state index in [0.717, 1.165) is 33.7 Å². The Balaban J connectivity index is 1.26. The molecule has 0 unspecified atom stereocenters. The molecule has 0 radical (unpaired) electrons. The summed E-state index contributed by atoms with van der Waals surface area (Å²) in [6.45, 7) is -0.329. The van der Waals surface area contributed by atoms with Gasteiger partial charge in [0.25, 0.3) is 5.91 Å². The Bertz CT molecular complexity index is 1170.